The Kier molecular flexibility index (Phi) is 3.57. The maximum Gasteiger partial charge on any atom is 0.336 e. The van der Waals surface area contributed by atoms with Crippen LogP contribution in [0.4, 0.5) is 5.82 Å². The lowest BCUT2D eigenvalue weighted by molar-refractivity contribution is 0.0697. The molecule has 0 fully saturated rings. The first-order chi connectivity index (χ1) is 10.6. The van der Waals surface area contributed by atoms with E-state index < -0.39 is 5.97 Å². The van der Waals surface area contributed by atoms with Crippen LogP contribution in [0.1, 0.15) is 15.9 Å². The smallest absolute Gasteiger partial charge is 0.336 e. The average Bonchev–Trinajstić information content (AvgIpc) is 2.96. The van der Waals surface area contributed by atoms with Crippen LogP contribution in [-0.2, 0) is 6.54 Å². The molecule has 3 rings (SSSR count). The number of pyridine rings is 1. The first kappa shape index (κ1) is 13.8. The van der Waals surface area contributed by atoms with Gasteiger partial charge in [0.1, 0.15) is 5.82 Å². The third-order valence-corrected chi connectivity index (χ3v) is 3.29. The molecule has 22 heavy (non-hydrogen) atoms. The Bertz CT molecular complexity index is 812. The Morgan fingerprint density at radius 2 is 2.00 bits per heavy atom. The zero-order chi connectivity index (χ0) is 15.5. The second-order valence-electron chi connectivity index (χ2n) is 4.87. The first-order valence-corrected chi connectivity index (χ1v) is 6.69. The molecule has 0 aliphatic heterocycles. The van der Waals surface area contributed by atoms with Crippen molar-refractivity contribution >= 4 is 11.8 Å². The standard InChI is InChI=1S/C16H14N4O2/c17-15-6-13(16(21)22)14(8-18-15)12-7-19-20(10-12)9-11-4-2-1-3-5-11/h1-8,10H,9H2,(H2,17,18)(H,21,22). The Balaban J connectivity index is 1.93. The maximum absolute atomic E-state index is 11.3. The molecule has 0 aliphatic rings. The minimum atomic E-state index is -1.04. The highest BCUT2D eigenvalue weighted by Crippen LogP contribution is 2.24. The van der Waals surface area contributed by atoms with Crippen molar-refractivity contribution in [2.24, 2.45) is 0 Å². The quantitative estimate of drug-likeness (QED) is 0.769. The van der Waals surface area contributed by atoms with E-state index in [0.717, 1.165) is 5.56 Å². The lowest BCUT2D eigenvalue weighted by atomic mass is 10.1. The van der Waals surface area contributed by atoms with Crippen LogP contribution in [0.5, 0.6) is 0 Å². The molecule has 0 saturated heterocycles. The first-order valence-electron chi connectivity index (χ1n) is 6.69. The van der Waals surface area contributed by atoms with Gasteiger partial charge in [0.2, 0.25) is 0 Å². The van der Waals surface area contributed by atoms with E-state index in [1.807, 2.05) is 30.3 Å². The van der Waals surface area contributed by atoms with Gasteiger partial charge in [-0.15, -0.1) is 0 Å². The van der Waals surface area contributed by atoms with Gasteiger partial charge in [-0.3, -0.25) is 4.68 Å². The number of carboxylic acid groups (broad SMARTS) is 1. The zero-order valence-corrected chi connectivity index (χ0v) is 11.7. The molecule has 3 aromatic rings. The molecular formula is C16H14N4O2. The lowest BCUT2D eigenvalue weighted by Crippen LogP contribution is -2.02. The van der Waals surface area contributed by atoms with E-state index in [-0.39, 0.29) is 11.4 Å². The van der Waals surface area contributed by atoms with Gasteiger partial charge in [0.05, 0.1) is 18.3 Å². The van der Waals surface area contributed by atoms with E-state index >= 15 is 0 Å². The van der Waals surface area contributed by atoms with Crippen molar-refractivity contribution in [2.45, 2.75) is 6.54 Å². The number of anilines is 1. The number of nitrogen functional groups attached to an aromatic ring is 1. The van der Waals surface area contributed by atoms with Crippen molar-refractivity contribution < 1.29 is 9.90 Å². The average molecular weight is 294 g/mol. The van der Waals surface area contributed by atoms with Gasteiger partial charge in [-0.05, 0) is 11.6 Å². The summed E-state index contributed by atoms with van der Waals surface area (Å²) < 4.78 is 1.76. The van der Waals surface area contributed by atoms with Gasteiger partial charge < -0.3 is 10.8 Å². The fourth-order valence-electron chi connectivity index (χ4n) is 2.24. The van der Waals surface area contributed by atoms with E-state index in [4.69, 9.17) is 5.73 Å². The van der Waals surface area contributed by atoms with Crippen LogP contribution in [0, 0.1) is 0 Å². The Hall–Kier alpha value is -3.15. The maximum atomic E-state index is 11.3. The molecule has 0 unspecified atom stereocenters. The molecule has 1 aromatic carbocycles. The molecule has 0 amide bonds. The number of nitrogens with two attached hydrogens (primary N) is 1. The zero-order valence-electron chi connectivity index (χ0n) is 11.7. The number of carbonyl (C=O) groups is 1. The van der Waals surface area contributed by atoms with Crippen LogP contribution < -0.4 is 5.73 Å². The highest BCUT2D eigenvalue weighted by atomic mass is 16.4. The SMILES string of the molecule is Nc1cc(C(=O)O)c(-c2cnn(Cc3ccccc3)c2)cn1. The van der Waals surface area contributed by atoms with Crippen LogP contribution in [-0.4, -0.2) is 25.8 Å². The highest BCUT2D eigenvalue weighted by Gasteiger charge is 2.14. The van der Waals surface area contributed by atoms with Gasteiger partial charge in [0.25, 0.3) is 0 Å². The number of hydrogen-bond donors (Lipinski definition) is 2. The molecule has 0 aliphatic carbocycles. The topological polar surface area (TPSA) is 94.0 Å². The molecule has 0 spiro atoms. The van der Waals surface area contributed by atoms with Crippen molar-refractivity contribution in [1.29, 1.82) is 0 Å². The molecule has 6 heteroatoms. The molecule has 110 valence electrons. The van der Waals surface area contributed by atoms with Crippen molar-refractivity contribution in [3.05, 3.63) is 66.1 Å². The summed E-state index contributed by atoms with van der Waals surface area (Å²) in [5, 5.41) is 13.6. The number of rotatable bonds is 4. The van der Waals surface area contributed by atoms with E-state index in [9.17, 15) is 9.90 Å². The molecule has 2 aromatic heterocycles. The van der Waals surface area contributed by atoms with E-state index in [2.05, 4.69) is 10.1 Å². The Morgan fingerprint density at radius 1 is 1.23 bits per heavy atom. The number of carboxylic acids is 1. The summed E-state index contributed by atoms with van der Waals surface area (Å²) >= 11 is 0. The number of aromatic nitrogens is 3. The van der Waals surface area contributed by atoms with Crippen LogP contribution in [0.2, 0.25) is 0 Å². The molecule has 0 atom stereocenters. The summed E-state index contributed by atoms with van der Waals surface area (Å²) in [5.41, 5.74) is 7.99. The lowest BCUT2D eigenvalue weighted by Gasteiger charge is -2.04. The second kappa shape index (κ2) is 5.69. The summed E-state index contributed by atoms with van der Waals surface area (Å²) in [7, 11) is 0. The minimum absolute atomic E-state index is 0.117. The van der Waals surface area contributed by atoms with Gasteiger partial charge in [0, 0.05) is 23.5 Å². The number of benzene rings is 1. The largest absolute Gasteiger partial charge is 0.478 e. The van der Waals surface area contributed by atoms with Crippen LogP contribution in [0.25, 0.3) is 11.1 Å². The third-order valence-electron chi connectivity index (χ3n) is 3.29. The van der Waals surface area contributed by atoms with Gasteiger partial charge in [-0.1, -0.05) is 30.3 Å². The summed E-state index contributed by atoms with van der Waals surface area (Å²) in [6.07, 6.45) is 4.89. The molecule has 0 bridgehead atoms. The fourth-order valence-corrected chi connectivity index (χ4v) is 2.24. The van der Waals surface area contributed by atoms with Crippen LogP contribution >= 0.6 is 0 Å². The van der Waals surface area contributed by atoms with E-state index in [1.165, 1.54) is 12.3 Å². The molecule has 2 heterocycles. The van der Waals surface area contributed by atoms with Crippen LogP contribution in [0.3, 0.4) is 0 Å². The summed E-state index contributed by atoms with van der Waals surface area (Å²) in [6.45, 7) is 0.617. The summed E-state index contributed by atoms with van der Waals surface area (Å²) in [6, 6.07) is 11.3. The second-order valence-corrected chi connectivity index (χ2v) is 4.87. The van der Waals surface area contributed by atoms with E-state index in [0.29, 0.717) is 17.7 Å². The number of aromatic carboxylic acids is 1. The number of nitrogens with zero attached hydrogens (tertiary/aromatic N) is 3. The summed E-state index contributed by atoms with van der Waals surface area (Å²) in [5.74, 6) is -0.863. The highest BCUT2D eigenvalue weighted by molar-refractivity contribution is 5.96. The normalized spacial score (nSPS) is 10.5. The minimum Gasteiger partial charge on any atom is -0.478 e. The van der Waals surface area contributed by atoms with Crippen molar-refractivity contribution in [1.82, 2.24) is 14.8 Å². The monoisotopic (exact) mass is 294 g/mol. The van der Waals surface area contributed by atoms with Crippen molar-refractivity contribution in [2.75, 3.05) is 5.73 Å². The van der Waals surface area contributed by atoms with Gasteiger partial charge in [-0.25, -0.2) is 9.78 Å². The molecular weight excluding hydrogens is 280 g/mol. The molecule has 0 radical (unpaired) electrons. The molecule has 6 nitrogen and oxygen atoms in total. The molecule has 0 saturated carbocycles. The Morgan fingerprint density at radius 3 is 2.73 bits per heavy atom. The summed E-state index contributed by atoms with van der Waals surface area (Å²) in [4.78, 5) is 15.3. The van der Waals surface area contributed by atoms with Crippen LogP contribution in [0.15, 0.2) is 55.0 Å². The fraction of sp³-hybridized carbons (Fsp3) is 0.0625. The van der Waals surface area contributed by atoms with Gasteiger partial charge in [-0.2, -0.15) is 5.10 Å². The van der Waals surface area contributed by atoms with Gasteiger partial charge in [0.15, 0.2) is 0 Å². The van der Waals surface area contributed by atoms with E-state index in [1.54, 1.807) is 17.1 Å². The molecule has 3 N–H and O–H groups in total. The number of hydrogen-bond acceptors (Lipinski definition) is 4. The third kappa shape index (κ3) is 2.80. The predicted octanol–water partition coefficient (Wildman–Crippen LogP) is 2.27. The predicted molar refractivity (Wildman–Crippen MR) is 82.4 cm³/mol. The van der Waals surface area contributed by atoms with Crippen molar-refractivity contribution in [3.8, 4) is 11.1 Å². The van der Waals surface area contributed by atoms with Gasteiger partial charge >= 0.3 is 5.97 Å². The van der Waals surface area contributed by atoms with Crippen molar-refractivity contribution in [3.63, 3.8) is 0 Å². The Labute approximate surface area is 126 Å².